The average molecular weight is 392 g/mol. The molecule has 142 valence electrons. The standard InChI is InChI=1S/C21H20N4O2S/c1-14-10-11-17(27-14)20-19(16-9-5-6-12-22-16)24-21(28)25(20)13-18(26)23-15-7-3-2-4-8-15/h2-12,19-20H,13H2,1H3,(H,23,26)(H,24,28)/t19-,20+/m0/s1. The van der Waals surface area contributed by atoms with E-state index < -0.39 is 0 Å². The average Bonchev–Trinajstić information content (AvgIpc) is 3.26. The quantitative estimate of drug-likeness (QED) is 0.647. The molecule has 3 aromatic rings. The van der Waals surface area contributed by atoms with Crippen molar-refractivity contribution in [2.75, 3.05) is 11.9 Å². The van der Waals surface area contributed by atoms with Gasteiger partial charge in [0.25, 0.3) is 0 Å². The molecule has 0 bridgehead atoms. The lowest BCUT2D eigenvalue weighted by Gasteiger charge is -2.25. The van der Waals surface area contributed by atoms with Gasteiger partial charge in [0.15, 0.2) is 5.11 Å². The molecule has 1 saturated heterocycles. The Kier molecular flexibility index (Phi) is 5.08. The lowest BCUT2D eigenvalue weighted by Crippen LogP contribution is -2.36. The van der Waals surface area contributed by atoms with Gasteiger partial charge in [0, 0.05) is 11.9 Å². The van der Waals surface area contributed by atoms with Crippen molar-refractivity contribution in [1.29, 1.82) is 0 Å². The van der Waals surface area contributed by atoms with Gasteiger partial charge in [0.2, 0.25) is 5.91 Å². The number of carbonyl (C=O) groups excluding carboxylic acids is 1. The third kappa shape index (κ3) is 3.75. The summed E-state index contributed by atoms with van der Waals surface area (Å²) in [5.41, 5.74) is 1.59. The minimum Gasteiger partial charge on any atom is -0.464 e. The van der Waals surface area contributed by atoms with E-state index in [-0.39, 0.29) is 24.5 Å². The van der Waals surface area contributed by atoms with Gasteiger partial charge in [-0.1, -0.05) is 24.3 Å². The SMILES string of the molecule is Cc1ccc([C@@H]2[C@H](c3ccccn3)NC(=S)N2CC(=O)Nc2ccccc2)o1. The molecule has 1 aliphatic rings. The summed E-state index contributed by atoms with van der Waals surface area (Å²) in [5.74, 6) is 1.40. The molecule has 2 atom stereocenters. The normalized spacial score (nSPS) is 18.8. The van der Waals surface area contributed by atoms with Crippen LogP contribution < -0.4 is 10.6 Å². The van der Waals surface area contributed by atoms with Gasteiger partial charge in [0.1, 0.15) is 24.1 Å². The van der Waals surface area contributed by atoms with E-state index in [4.69, 9.17) is 16.6 Å². The number of hydrogen-bond acceptors (Lipinski definition) is 4. The fourth-order valence-corrected chi connectivity index (χ4v) is 3.68. The number of nitrogens with one attached hydrogen (secondary N) is 2. The van der Waals surface area contributed by atoms with Crippen LogP contribution in [0.2, 0.25) is 0 Å². The van der Waals surface area contributed by atoms with Crippen molar-refractivity contribution in [2.45, 2.75) is 19.0 Å². The van der Waals surface area contributed by atoms with Crippen LogP contribution in [-0.4, -0.2) is 27.4 Å². The fraction of sp³-hybridized carbons (Fsp3) is 0.190. The summed E-state index contributed by atoms with van der Waals surface area (Å²) in [7, 11) is 0. The van der Waals surface area contributed by atoms with E-state index in [2.05, 4.69) is 15.6 Å². The smallest absolute Gasteiger partial charge is 0.244 e. The van der Waals surface area contributed by atoms with Crippen molar-refractivity contribution >= 4 is 28.9 Å². The summed E-state index contributed by atoms with van der Waals surface area (Å²) < 4.78 is 5.90. The first kappa shape index (κ1) is 18.2. The summed E-state index contributed by atoms with van der Waals surface area (Å²) in [4.78, 5) is 19.0. The van der Waals surface area contributed by atoms with Crippen LogP contribution in [0.1, 0.15) is 29.3 Å². The Morgan fingerprint density at radius 3 is 2.64 bits per heavy atom. The maximum Gasteiger partial charge on any atom is 0.244 e. The molecule has 1 aromatic carbocycles. The molecular formula is C21H20N4O2S. The predicted octanol–water partition coefficient (Wildman–Crippen LogP) is 3.59. The molecule has 0 aliphatic carbocycles. The van der Waals surface area contributed by atoms with E-state index in [9.17, 15) is 4.79 Å². The van der Waals surface area contributed by atoms with E-state index in [1.807, 2.05) is 72.5 Å². The highest BCUT2D eigenvalue weighted by atomic mass is 32.1. The highest BCUT2D eigenvalue weighted by Crippen LogP contribution is 2.38. The Morgan fingerprint density at radius 2 is 1.96 bits per heavy atom. The molecule has 0 radical (unpaired) electrons. The van der Waals surface area contributed by atoms with Crippen LogP contribution in [0.25, 0.3) is 0 Å². The van der Waals surface area contributed by atoms with Crippen molar-refractivity contribution in [2.24, 2.45) is 0 Å². The van der Waals surface area contributed by atoms with E-state index in [0.29, 0.717) is 5.11 Å². The number of aryl methyl sites for hydroxylation is 1. The second kappa shape index (κ2) is 7.82. The van der Waals surface area contributed by atoms with Crippen molar-refractivity contribution < 1.29 is 9.21 Å². The summed E-state index contributed by atoms with van der Waals surface area (Å²) >= 11 is 5.55. The molecule has 0 saturated carbocycles. The van der Waals surface area contributed by atoms with Crippen molar-refractivity contribution in [3.63, 3.8) is 0 Å². The number of anilines is 1. The number of rotatable bonds is 5. The Hall–Kier alpha value is -3.19. The fourth-order valence-electron chi connectivity index (χ4n) is 3.37. The highest BCUT2D eigenvalue weighted by Gasteiger charge is 2.42. The molecule has 7 heteroatoms. The summed E-state index contributed by atoms with van der Waals surface area (Å²) in [6.45, 7) is 2.00. The van der Waals surface area contributed by atoms with Crippen molar-refractivity contribution in [1.82, 2.24) is 15.2 Å². The number of nitrogens with zero attached hydrogens (tertiary/aromatic N) is 2. The van der Waals surface area contributed by atoms with Crippen LogP contribution in [0, 0.1) is 6.92 Å². The highest BCUT2D eigenvalue weighted by molar-refractivity contribution is 7.80. The van der Waals surface area contributed by atoms with Gasteiger partial charge in [-0.05, 0) is 55.5 Å². The number of para-hydroxylation sites is 1. The Balaban J connectivity index is 1.61. The Labute approximate surface area is 168 Å². The summed E-state index contributed by atoms with van der Waals surface area (Å²) in [6, 6.07) is 18.5. The lowest BCUT2D eigenvalue weighted by atomic mass is 10.0. The molecule has 6 nitrogen and oxygen atoms in total. The van der Waals surface area contributed by atoms with E-state index >= 15 is 0 Å². The third-order valence-electron chi connectivity index (χ3n) is 4.62. The number of benzene rings is 1. The molecule has 1 fully saturated rings. The zero-order valence-electron chi connectivity index (χ0n) is 15.3. The summed E-state index contributed by atoms with van der Waals surface area (Å²) in [6.07, 6.45) is 1.75. The maximum atomic E-state index is 12.7. The molecule has 28 heavy (non-hydrogen) atoms. The molecule has 0 spiro atoms. The predicted molar refractivity (Wildman–Crippen MR) is 111 cm³/mol. The van der Waals surface area contributed by atoms with Gasteiger partial charge in [-0.3, -0.25) is 9.78 Å². The van der Waals surface area contributed by atoms with Crippen LogP contribution in [0.15, 0.2) is 71.3 Å². The van der Waals surface area contributed by atoms with Gasteiger partial charge < -0.3 is 20.0 Å². The first-order valence-corrected chi connectivity index (χ1v) is 9.42. The molecule has 2 aromatic heterocycles. The zero-order chi connectivity index (χ0) is 19.5. The zero-order valence-corrected chi connectivity index (χ0v) is 16.1. The van der Waals surface area contributed by atoms with Gasteiger partial charge in [-0.25, -0.2) is 0 Å². The van der Waals surface area contributed by atoms with Crippen molar-refractivity contribution in [3.8, 4) is 0 Å². The van der Waals surface area contributed by atoms with Crippen LogP contribution in [0.3, 0.4) is 0 Å². The third-order valence-corrected chi connectivity index (χ3v) is 4.97. The van der Waals surface area contributed by atoms with Gasteiger partial charge >= 0.3 is 0 Å². The molecular weight excluding hydrogens is 372 g/mol. The van der Waals surface area contributed by atoms with Crippen LogP contribution in [0.4, 0.5) is 5.69 Å². The number of aromatic nitrogens is 1. The second-order valence-corrected chi connectivity index (χ2v) is 7.00. The molecule has 1 amide bonds. The molecule has 0 unspecified atom stereocenters. The second-order valence-electron chi connectivity index (χ2n) is 6.62. The first-order valence-electron chi connectivity index (χ1n) is 9.01. The van der Waals surface area contributed by atoms with Crippen molar-refractivity contribution in [3.05, 3.63) is 84.1 Å². The maximum absolute atomic E-state index is 12.7. The number of thiocarbonyl (C=S) groups is 1. The number of furan rings is 1. The minimum absolute atomic E-state index is 0.106. The molecule has 4 rings (SSSR count). The van der Waals surface area contributed by atoms with Crippen LogP contribution in [-0.2, 0) is 4.79 Å². The van der Waals surface area contributed by atoms with Crippen LogP contribution in [0.5, 0.6) is 0 Å². The topological polar surface area (TPSA) is 70.4 Å². The Bertz CT molecular complexity index is 974. The monoisotopic (exact) mass is 392 g/mol. The van der Waals surface area contributed by atoms with E-state index in [0.717, 1.165) is 22.9 Å². The van der Waals surface area contributed by atoms with E-state index in [1.165, 1.54) is 0 Å². The summed E-state index contributed by atoms with van der Waals surface area (Å²) in [5, 5.41) is 6.71. The largest absolute Gasteiger partial charge is 0.464 e. The van der Waals surface area contributed by atoms with Gasteiger partial charge in [0.05, 0.1) is 11.7 Å². The van der Waals surface area contributed by atoms with Crippen LogP contribution >= 0.6 is 12.2 Å². The number of carbonyl (C=O) groups is 1. The molecule has 1 aliphatic heterocycles. The number of amides is 1. The number of pyridine rings is 1. The lowest BCUT2D eigenvalue weighted by molar-refractivity contribution is -0.116. The first-order chi connectivity index (χ1) is 13.6. The molecule has 2 N–H and O–H groups in total. The molecule has 3 heterocycles. The van der Waals surface area contributed by atoms with E-state index in [1.54, 1.807) is 6.20 Å². The minimum atomic E-state index is -0.266. The van der Waals surface area contributed by atoms with Gasteiger partial charge in [-0.2, -0.15) is 0 Å². The number of hydrogen-bond donors (Lipinski definition) is 2. The van der Waals surface area contributed by atoms with Gasteiger partial charge in [-0.15, -0.1) is 0 Å². The Morgan fingerprint density at radius 1 is 1.18 bits per heavy atom.